The molecule has 1 heterocycles. The summed E-state index contributed by atoms with van der Waals surface area (Å²) in [4.78, 5) is 26.6. The van der Waals surface area contributed by atoms with E-state index < -0.39 is 7.14 Å². The molecule has 1 aliphatic rings. The lowest BCUT2D eigenvalue weighted by Gasteiger charge is -2.24. The molecule has 7 heteroatoms. The van der Waals surface area contributed by atoms with Crippen LogP contribution in [0.5, 0.6) is 0 Å². The zero-order valence-electron chi connectivity index (χ0n) is 17.3. The molecule has 4 rings (SSSR count). The first-order chi connectivity index (χ1) is 15.5. The van der Waals surface area contributed by atoms with Gasteiger partial charge in [0.2, 0.25) is 0 Å². The molecule has 0 N–H and O–H groups in total. The molecule has 0 aromatic heterocycles. The van der Waals surface area contributed by atoms with Crippen molar-refractivity contribution in [2.45, 2.75) is 11.7 Å². The minimum absolute atomic E-state index is 0.176. The van der Waals surface area contributed by atoms with Crippen molar-refractivity contribution in [1.82, 2.24) is 4.90 Å². The fourth-order valence-corrected chi connectivity index (χ4v) is 8.05. The number of thioether (sulfide) groups is 1. The minimum atomic E-state index is -3.02. The van der Waals surface area contributed by atoms with Gasteiger partial charge < -0.3 is 4.57 Å². The van der Waals surface area contributed by atoms with Crippen molar-refractivity contribution in [1.29, 1.82) is 5.26 Å². The molecule has 1 atom stereocenters. The van der Waals surface area contributed by atoms with E-state index >= 15 is 0 Å². The fraction of sp³-hybridized carbons (Fsp3) is 0.160. The Balaban J connectivity index is 1.57. The van der Waals surface area contributed by atoms with Gasteiger partial charge in [0.05, 0.1) is 11.1 Å². The summed E-state index contributed by atoms with van der Waals surface area (Å²) in [5.74, 6) is -0.638. The highest BCUT2D eigenvalue weighted by Crippen LogP contribution is 2.46. The maximum Gasteiger partial charge on any atom is 0.261 e. The van der Waals surface area contributed by atoms with Crippen molar-refractivity contribution in [3.05, 3.63) is 96.1 Å². The number of imide groups is 1. The number of rotatable bonds is 8. The Hall–Kier alpha value is -3.13. The van der Waals surface area contributed by atoms with E-state index in [9.17, 15) is 19.4 Å². The van der Waals surface area contributed by atoms with E-state index in [1.54, 1.807) is 24.3 Å². The van der Waals surface area contributed by atoms with E-state index in [1.807, 2.05) is 60.7 Å². The third-order valence-electron chi connectivity index (χ3n) is 5.58. The number of carbonyl (C=O) groups is 2. The lowest BCUT2D eigenvalue weighted by molar-refractivity contribution is 0.0653. The number of amides is 2. The second kappa shape index (κ2) is 9.56. The smallest absolute Gasteiger partial charge is 0.261 e. The number of hydrogen-bond donors (Lipinski definition) is 0. The third-order valence-corrected chi connectivity index (χ3v) is 9.89. The molecule has 3 aromatic carbocycles. The van der Waals surface area contributed by atoms with Gasteiger partial charge in [0.15, 0.2) is 0 Å². The Morgan fingerprint density at radius 3 is 1.75 bits per heavy atom. The topological polar surface area (TPSA) is 78.2 Å². The van der Waals surface area contributed by atoms with Crippen molar-refractivity contribution in [2.24, 2.45) is 0 Å². The monoisotopic (exact) mass is 460 g/mol. The molecular formula is C25H21N2O3PS. The molecule has 5 nitrogen and oxygen atoms in total. The maximum absolute atomic E-state index is 14.3. The summed E-state index contributed by atoms with van der Waals surface area (Å²) in [5, 5.41) is 12.7. The molecule has 32 heavy (non-hydrogen) atoms. The summed E-state index contributed by atoms with van der Waals surface area (Å²) in [6.45, 7) is 0.176. The first-order valence-electron chi connectivity index (χ1n) is 10.2. The fourth-order valence-electron chi connectivity index (χ4n) is 3.96. The molecule has 160 valence electrons. The molecule has 3 aromatic rings. The standard InChI is InChI=1S/C25H21N2O3PS/c26-18-32-21(15-16-27-24(28)22-13-7-8-14-23(22)25(27)29)17-31(30,19-9-3-1-4-10-19)20-11-5-2-6-12-20/h1-14,21H,15-17H2. The van der Waals surface area contributed by atoms with E-state index in [4.69, 9.17) is 0 Å². The van der Waals surface area contributed by atoms with Crippen LogP contribution in [0, 0.1) is 10.7 Å². The van der Waals surface area contributed by atoms with E-state index in [1.165, 1.54) is 4.90 Å². The highest BCUT2D eigenvalue weighted by molar-refractivity contribution is 8.04. The molecule has 0 aliphatic carbocycles. The van der Waals surface area contributed by atoms with Crippen molar-refractivity contribution in [2.75, 3.05) is 12.7 Å². The largest absolute Gasteiger partial charge is 0.314 e. The minimum Gasteiger partial charge on any atom is -0.314 e. The Morgan fingerprint density at radius 2 is 1.28 bits per heavy atom. The normalized spacial score (nSPS) is 14.2. The zero-order valence-corrected chi connectivity index (χ0v) is 19.0. The number of nitrogens with zero attached hydrogens (tertiary/aromatic N) is 2. The molecule has 1 aliphatic heterocycles. The van der Waals surface area contributed by atoms with E-state index in [0.717, 1.165) is 22.4 Å². The van der Waals surface area contributed by atoms with Crippen LogP contribution >= 0.6 is 18.9 Å². The van der Waals surface area contributed by atoms with E-state index in [0.29, 0.717) is 17.5 Å². The van der Waals surface area contributed by atoms with Crippen LogP contribution in [-0.4, -0.2) is 34.7 Å². The summed E-state index contributed by atoms with van der Waals surface area (Å²) in [5.41, 5.74) is 0.808. The van der Waals surface area contributed by atoms with Gasteiger partial charge >= 0.3 is 0 Å². The van der Waals surface area contributed by atoms with Crippen LogP contribution in [0.2, 0.25) is 0 Å². The molecular weight excluding hydrogens is 439 g/mol. The number of benzene rings is 3. The Bertz CT molecular complexity index is 1150. The van der Waals surface area contributed by atoms with Crippen LogP contribution in [0.3, 0.4) is 0 Å². The van der Waals surface area contributed by atoms with E-state index in [-0.39, 0.29) is 29.8 Å². The first-order valence-corrected chi connectivity index (χ1v) is 13.0. The summed E-state index contributed by atoms with van der Waals surface area (Å²) in [6.07, 6.45) is 0.649. The molecule has 0 saturated carbocycles. The van der Waals surface area contributed by atoms with Gasteiger partial charge in [-0.1, -0.05) is 72.8 Å². The average molecular weight is 460 g/mol. The zero-order chi connectivity index (χ0) is 22.6. The molecule has 0 fully saturated rings. The second-order valence-electron chi connectivity index (χ2n) is 7.52. The predicted octanol–water partition coefficient (Wildman–Crippen LogP) is 4.27. The molecule has 0 radical (unpaired) electrons. The van der Waals surface area contributed by atoms with Crippen molar-refractivity contribution >= 4 is 41.3 Å². The van der Waals surface area contributed by atoms with Gasteiger partial charge in [-0.15, -0.1) is 0 Å². The van der Waals surface area contributed by atoms with Gasteiger partial charge in [-0.25, -0.2) is 0 Å². The Labute approximate surface area is 191 Å². The summed E-state index contributed by atoms with van der Waals surface area (Å²) in [6, 6.07) is 25.4. The van der Waals surface area contributed by atoms with Crippen LogP contribution < -0.4 is 10.6 Å². The Kier molecular flexibility index (Phi) is 6.60. The van der Waals surface area contributed by atoms with Crippen LogP contribution in [-0.2, 0) is 4.57 Å². The number of thiocyanates is 1. The summed E-state index contributed by atoms with van der Waals surface area (Å²) < 4.78 is 14.3. The lowest BCUT2D eigenvalue weighted by atomic mass is 10.1. The predicted molar refractivity (Wildman–Crippen MR) is 128 cm³/mol. The quantitative estimate of drug-likeness (QED) is 0.285. The van der Waals surface area contributed by atoms with Gasteiger partial charge in [-0.2, -0.15) is 5.26 Å². The van der Waals surface area contributed by atoms with Crippen molar-refractivity contribution in [3.8, 4) is 5.40 Å². The number of fused-ring (bicyclic) bond motifs is 1. The van der Waals surface area contributed by atoms with Crippen LogP contribution in [0.25, 0.3) is 0 Å². The van der Waals surface area contributed by atoms with Crippen LogP contribution in [0.4, 0.5) is 0 Å². The van der Waals surface area contributed by atoms with Crippen LogP contribution in [0.1, 0.15) is 27.1 Å². The average Bonchev–Trinajstić information content (AvgIpc) is 3.08. The first kappa shape index (κ1) is 22.1. The van der Waals surface area contributed by atoms with Gasteiger partial charge in [-0.05, 0) is 30.3 Å². The highest BCUT2D eigenvalue weighted by Gasteiger charge is 2.36. The van der Waals surface area contributed by atoms with Gasteiger partial charge in [0.25, 0.3) is 11.8 Å². The number of carbonyl (C=O) groups excluding carboxylic acids is 2. The molecule has 2 amide bonds. The molecule has 0 spiro atoms. The van der Waals surface area contributed by atoms with Gasteiger partial charge in [-0.3, -0.25) is 14.5 Å². The summed E-state index contributed by atoms with van der Waals surface area (Å²) in [7, 11) is -3.02. The summed E-state index contributed by atoms with van der Waals surface area (Å²) >= 11 is 1.05. The molecule has 0 saturated heterocycles. The lowest BCUT2D eigenvalue weighted by Crippen LogP contribution is -2.33. The van der Waals surface area contributed by atoms with E-state index in [2.05, 4.69) is 5.40 Å². The maximum atomic E-state index is 14.3. The molecule has 0 bridgehead atoms. The SMILES string of the molecule is N#CSC(CCN1C(=O)c2ccccc2C1=O)CP(=O)(c1ccccc1)c1ccccc1. The number of nitriles is 1. The second-order valence-corrected chi connectivity index (χ2v) is 11.5. The number of hydrogen-bond acceptors (Lipinski definition) is 5. The third kappa shape index (κ3) is 4.27. The Morgan fingerprint density at radius 1 is 0.812 bits per heavy atom. The highest BCUT2D eigenvalue weighted by atomic mass is 32.2. The van der Waals surface area contributed by atoms with Crippen molar-refractivity contribution < 1.29 is 14.2 Å². The van der Waals surface area contributed by atoms with Crippen LogP contribution in [0.15, 0.2) is 84.9 Å². The van der Waals surface area contributed by atoms with Crippen molar-refractivity contribution in [3.63, 3.8) is 0 Å². The molecule has 1 unspecified atom stereocenters. The van der Waals surface area contributed by atoms with Gasteiger partial charge in [0.1, 0.15) is 12.5 Å². The van der Waals surface area contributed by atoms with Gasteiger partial charge in [0, 0.05) is 28.6 Å².